The van der Waals surface area contributed by atoms with Gasteiger partial charge in [0, 0.05) is 44.3 Å². The molecule has 0 atom stereocenters. The van der Waals surface area contributed by atoms with Crippen molar-refractivity contribution in [2.45, 2.75) is 17.9 Å². The molecular formula is C22H26ClN3O5S. The number of rotatable bonds is 9. The monoisotopic (exact) mass is 479 g/mol. The lowest BCUT2D eigenvalue weighted by atomic mass is 10.2. The minimum Gasteiger partial charge on any atom is -0.456 e. The predicted octanol–water partition coefficient (Wildman–Crippen LogP) is 1.90. The Labute approximate surface area is 193 Å². The van der Waals surface area contributed by atoms with Gasteiger partial charge in [-0.15, -0.1) is 0 Å². The van der Waals surface area contributed by atoms with Gasteiger partial charge >= 0.3 is 5.97 Å². The zero-order chi connectivity index (χ0) is 23.0. The number of carbonyl (C=O) groups excluding carboxylic acids is 2. The third kappa shape index (κ3) is 7.30. The van der Waals surface area contributed by atoms with Crippen molar-refractivity contribution in [1.82, 2.24) is 14.5 Å². The Morgan fingerprint density at radius 3 is 2.41 bits per heavy atom. The maximum absolute atomic E-state index is 12.3. The number of carbonyl (C=O) groups is 2. The van der Waals surface area contributed by atoms with E-state index < -0.39 is 16.0 Å². The summed E-state index contributed by atoms with van der Waals surface area (Å²) in [5, 5.41) is 0.298. The number of ether oxygens (including phenoxy) is 1. The van der Waals surface area contributed by atoms with Crippen molar-refractivity contribution in [3.8, 4) is 0 Å². The predicted molar refractivity (Wildman–Crippen MR) is 121 cm³/mol. The fourth-order valence-electron chi connectivity index (χ4n) is 3.31. The van der Waals surface area contributed by atoms with E-state index in [0.717, 1.165) is 19.6 Å². The van der Waals surface area contributed by atoms with E-state index in [1.54, 1.807) is 11.0 Å². The number of hydrogen-bond donors (Lipinski definition) is 1. The molecular weight excluding hydrogens is 454 g/mol. The van der Waals surface area contributed by atoms with Gasteiger partial charge < -0.3 is 9.64 Å². The number of amides is 1. The van der Waals surface area contributed by atoms with Gasteiger partial charge in [-0.1, -0.05) is 48.0 Å². The van der Waals surface area contributed by atoms with E-state index in [0.29, 0.717) is 18.1 Å². The number of piperazine rings is 1. The molecule has 3 rings (SSSR count). The van der Waals surface area contributed by atoms with Crippen LogP contribution in [0.2, 0.25) is 5.02 Å². The molecule has 2 aromatic carbocycles. The van der Waals surface area contributed by atoms with Crippen LogP contribution in [0.25, 0.3) is 0 Å². The molecule has 172 valence electrons. The molecule has 2 aromatic rings. The van der Waals surface area contributed by atoms with Crippen LogP contribution in [0, 0.1) is 0 Å². The lowest BCUT2D eigenvalue weighted by Crippen LogP contribution is -2.49. The van der Waals surface area contributed by atoms with Gasteiger partial charge in [0.05, 0.1) is 11.3 Å². The molecule has 32 heavy (non-hydrogen) atoms. The SMILES string of the molecule is O=C(CCNS(=O)(=O)c1cccc(Cl)c1)OCC(=O)N1CCN(Cc2ccccc2)CC1. The largest absolute Gasteiger partial charge is 0.456 e. The molecule has 1 heterocycles. The molecule has 1 fully saturated rings. The molecule has 0 aliphatic carbocycles. The molecule has 0 aromatic heterocycles. The van der Waals surface area contributed by atoms with Gasteiger partial charge in [-0.05, 0) is 23.8 Å². The lowest BCUT2D eigenvalue weighted by molar-refractivity contribution is -0.152. The van der Waals surface area contributed by atoms with E-state index in [1.165, 1.54) is 23.8 Å². The van der Waals surface area contributed by atoms with Crippen molar-refractivity contribution >= 4 is 33.5 Å². The fraction of sp³-hybridized carbons (Fsp3) is 0.364. The minimum absolute atomic E-state index is 0.0138. The highest BCUT2D eigenvalue weighted by molar-refractivity contribution is 7.89. The number of hydrogen-bond acceptors (Lipinski definition) is 6. The molecule has 0 unspecified atom stereocenters. The Morgan fingerprint density at radius 2 is 1.72 bits per heavy atom. The van der Waals surface area contributed by atoms with Crippen molar-refractivity contribution < 1.29 is 22.7 Å². The number of benzene rings is 2. The third-order valence-electron chi connectivity index (χ3n) is 5.06. The number of esters is 1. The summed E-state index contributed by atoms with van der Waals surface area (Å²) in [4.78, 5) is 28.2. The van der Waals surface area contributed by atoms with Crippen molar-refractivity contribution in [2.75, 3.05) is 39.3 Å². The van der Waals surface area contributed by atoms with Crippen molar-refractivity contribution in [2.24, 2.45) is 0 Å². The number of nitrogens with zero attached hydrogens (tertiary/aromatic N) is 2. The molecule has 8 nitrogen and oxygen atoms in total. The second-order valence-electron chi connectivity index (χ2n) is 7.41. The molecule has 1 saturated heterocycles. The summed E-state index contributed by atoms with van der Waals surface area (Å²) in [5.74, 6) is -0.896. The molecule has 1 amide bonds. The Kier molecular flexibility index (Phi) is 8.63. The molecule has 1 aliphatic rings. The first-order valence-electron chi connectivity index (χ1n) is 10.3. The topological polar surface area (TPSA) is 96.0 Å². The Hall–Kier alpha value is -2.46. The van der Waals surface area contributed by atoms with Gasteiger partial charge in [-0.2, -0.15) is 0 Å². The zero-order valence-electron chi connectivity index (χ0n) is 17.6. The maximum atomic E-state index is 12.3. The summed E-state index contributed by atoms with van der Waals surface area (Å²) in [6, 6.07) is 16.0. The van der Waals surface area contributed by atoms with E-state index in [-0.39, 0.29) is 30.4 Å². The summed E-state index contributed by atoms with van der Waals surface area (Å²) >= 11 is 5.81. The Morgan fingerprint density at radius 1 is 1.00 bits per heavy atom. The summed E-state index contributed by atoms with van der Waals surface area (Å²) < 4.78 is 31.7. The molecule has 0 spiro atoms. The average molecular weight is 480 g/mol. The van der Waals surface area contributed by atoms with Gasteiger partial charge in [0.25, 0.3) is 5.91 Å². The van der Waals surface area contributed by atoms with Crippen LogP contribution in [0.3, 0.4) is 0 Å². The van der Waals surface area contributed by atoms with Gasteiger partial charge in [-0.25, -0.2) is 13.1 Å². The molecule has 10 heteroatoms. The van der Waals surface area contributed by atoms with Crippen LogP contribution in [0.1, 0.15) is 12.0 Å². The summed E-state index contributed by atoms with van der Waals surface area (Å²) in [6.45, 7) is 2.99. The summed E-state index contributed by atoms with van der Waals surface area (Å²) in [6.07, 6.45) is -0.183. The maximum Gasteiger partial charge on any atom is 0.307 e. The van der Waals surface area contributed by atoms with E-state index in [4.69, 9.17) is 16.3 Å². The molecule has 1 N–H and O–H groups in total. The van der Waals surface area contributed by atoms with Gasteiger partial charge in [0.15, 0.2) is 6.61 Å². The molecule has 1 aliphatic heterocycles. The van der Waals surface area contributed by atoms with Crippen LogP contribution in [-0.4, -0.2) is 69.4 Å². The smallest absolute Gasteiger partial charge is 0.307 e. The average Bonchev–Trinajstić information content (AvgIpc) is 2.78. The standard InChI is InChI=1S/C22H26ClN3O5S/c23-19-7-4-8-20(15-19)32(29,30)24-10-9-22(28)31-17-21(27)26-13-11-25(12-14-26)16-18-5-2-1-3-6-18/h1-8,15,24H,9-14,16-17H2. The summed E-state index contributed by atoms with van der Waals surface area (Å²) in [5.41, 5.74) is 1.23. The van der Waals surface area contributed by atoms with Gasteiger partial charge in [0.2, 0.25) is 10.0 Å². The van der Waals surface area contributed by atoms with Crippen molar-refractivity contribution in [3.05, 3.63) is 65.2 Å². The van der Waals surface area contributed by atoms with Crippen LogP contribution in [-0.2, 0) is 30.9 Å². The first-order chi connectivity index (χ1) is 15.3. The highest BCUT2D eigenvalue weighted by atomic mass is 35.5. The number of halogens is 1. The highest BCUT2D eigenvalue weighted by Crippen LogP contribution is 2.15. The second kappa shape index (κ2) is 11.4. The minimum atomic E-state index is -3.78. The van der Waals surface area contributed by atoms with E-state index in [2.05, 4.69) is 21.8 Å². The zero-order valence-corrected chi connectivity index (χ0v) is 19.1. The van der Waals surface area contributed by atoms with Crippen LogP contribution in [0.4, 0.5) is 0 Å². The van der Waals surface area contributed by atoms with E-state index in [9.17, 15) is 18.0 Å². The van der Waals surface area contributed by atoms with E-state index in [1.807, 2.05) is 18.2 Å². The van der Waals surface area contributed by atoms with E-state index >= 15 is 0 Å². The van der Waals surface area contributed by atoms with Crippen LogP contribution < -0.4 is 4.72 Å². The molecule has 0 radical (unpaired) electrons. The van der Waals surface area contributed by atoms with Crippen LogP contribution in [0.5, 0.6) is 0 Å². The quantitative estimate of drug-likeness (QED) is 0.552. The first kappa shape index (κ1) is 24.2. The third-order valence-corrected chi connectivity index (χ3v) is 6.75. The second-order valence-corrected chi connectivity index (χ2v) is 9.61. The molecule has 0 saturated carbocycles. The van der Waals surface area contributed by atoms with Crippen molar-refractivity contribution in [1.29, 1.82) is 0 Å². The highest BCUT2D eigenvalue weighted by Gasteiger charge is 2.22. The first-order valence-corrected chi connectivity index (χ1v) is 12.1. The fourth-order valence-corrected chi connectivity index (χ4v) is 4.64. The number of sulfonamides is 1. The lowest BCUT2D eigenvalue weighted by Gasteiger charge is -2.34. The summed E-state index contributed by atoms with van der Waals surface area (Å²) in [7, 11) is -3.78. The van der Waals surface area contributed by atoms with Crippen LogP contribution in [0.15, 0.2) is 59.5 Å². The van der Waals surface area contributed by atoms with Crippen LogP contribution >= 0.6 is 11.6 Å². The number of nitrogens with one attached hydrogen (secondary N) is 1. The van der Waals surface area contributed by atoms with Gasteiger partial charge in [0.1, 0.15) is 0 Å². The van der Waals surface area contributed by atoms with Gasteiger partial charge in [-0.3, -0.25) is 14.5 Å². The Bertz CT molecular complexity index is 1020. The normalized spacial score (nSPS) is 14.8. The molecule has 0 bridgehead atoms. The van der Waals surface area contributed by atoms with Crippen molar-refractivity contribution in [3.63, 3.8) is 0 Å². The Balaban J connectivity index is 1.34.